The zero-order chi connectivity index (χ0) is 17.7. The Morgan fingerprint density at radius 2 is 2.04 bits per heavy atom. The van der Waals surface area contributed by atoms with Crippen LogP contribution in [0.25, 0.3) is 10.9 Å². The molecule has 2 aromatic rings. The largest absolute Gasteiger partial charge is 0.477 e. The maximum atomic E-state index is 14.7. The molecule has 4 rings (SSSR count). The van der Waals surface area contributed by atoms with Crippen molar-refractivity contribution in [3.63, 3.8) is 0 Å². The lowest BCUT2D eigenvalue weighted by atomic mass is 10.1. The summed E-state index contributed by atoms with van der Waals surface area (Å²) >= 11 is 0. The molecule has 1 aliphatic carbocycles. The van der Waals surface area contributed by atoms with E-state index in [2.05, 4.69) is 0 Å². The van der Waals surface area contributed by atoms with Gasteiger partial charge in [0.15, 0.2) is 0 Å². The van der Waals surface area contributed by atoms with Crippen LogP contribution in [0.3, 0.4) is 0 Å². The SMILES string of the molecule is O=C(O)c1cn(C2CC2)c2cc(N3CC[C@@H](CO)C3)c(F)cc2c1=O. The highest BCUT2D eigenvalue weighted by atomic mass is 19.1. The maximum Gasteiger partial charge on any atom is 0.341 e. The highest BCUT2D eigenvalue weighted by Gasteiger charge is 2.29. The second kappa shape index (κ2) is 5.84. The van der Waals surface area contributed by atoms with Crippen LogP contribution in [0.15, 0.2) is 23.1 Å². The van der Waals surface area contributed by atoms with Gasteiger partial charge in [-0.15, -0.1) is 0 Å². The fourth-order valence-electron chi connectivity index (χ4n) is 3.61. The van der Waals surface area contributed by atoms with Gasteiger partial charge in [-0.2, -0.15) is 0 Å². The summed E-state index contributed by atoms with van der Waals surface area (Å²) in [6, 6.07) is 2.96. The van der Waals surface area contributed by atoms with E-state index in [9.17, 15) is 24.2 Å². The van der Waals surface area contributed by atoms with Crippen molar-refractivity contribution in [2.24, 2.45) is 5.92 Å². The van der Waals surface area contributed by atoms with Crippen molar-refractivity contribution in [3.8, 4) is 0 Å². The number of aliphatic hydroxyl groups excluding tert-OH is 1. The highest BCUT2D eigenvalue weighted by Crippen LogP contribution is 2.38. The minimum atomic E-state index is -1.30. The molecule has 1 saturated carbocycles. The predicted molar refractivity (Wildman–Crippen MR) is 90.8 cm³/mol. The van der Waals surface area contributed by atoms with Gasteiger partial charge in [0, 0.05) is 43.2 Å². The molecule has 132 valence electrons. The van der Waals surface area contributed by atoms with Crippen molar-refractivity contribution >= 4 is 22.6 Å². The number of nitrogens with zero attached hydrogens (tertiary/aromatic N) is 2. The first-order valence-corrected chi connectivity index (χ1v) is 8.47. The first-order chi connectivity index (χ1) is 12.0. The molecule has 1 atom stereocenters. The number of anilines is 1. The summed E-state index contributed by atoms with van der Waals surface area (Å²) in [5.74, 6) is -1.71. The summed E-state index contributed by atoms with van der Waals surface area (Å²) in [7, 11) is 0. The Bertz CT molecular complexity index is 919. The Hall–Kier alpha value is -2.41. The smallest absolute Gasteiger partial charge is 0.341 e. The molecular weight excluding hydrogens is 327 g/mol. The van der Waals surface area contributed by atoms with E-state index in [0.29, 0.717) is 24.3 Å². The van der Waals surface area contributed by atoms with Gasteiger partial charge in [-0.25, -0.2) is 9.18 Å². The fourth-order valence-corrected chi connectivity index (χ4v) is 3.61. The van der Waals surface area contributed by atoms with E-state index in [-0.39, 0.29) is 29.5 Å². The van der Waals surface area contributed by atoms with Gasteiger partial charge in [0.25, 0.3) is 0 Å². The number of carboxylic acid groups (broad SMARTS) is 1. The molecule has 0 radical (unpaired) electrons. The number of aliphatic hydroxyl groups is 1. The van der Waals surface area contributed by atoms with Crippen LogP contribution in [0.4, 0.5) is 10.1 Å². The molecule has 2 fully saturated rings. The third-order valence-corrected chi connectivity index (χ3v) is 5.16. The number of carboxylic acids is 1. The van der Waals surface area contributed by atoms with Crippen LogP contribution in [0.1, 0.15) is 35.7 Å². The van der Waals surface area contributed by atoms with Crippen molar-refractivity contribution in [2.45, 2.75) is 25.3 Å². The Morgan fingerprint density at radius 3 is 2.64 bits per heavy atom. The van der Waals surface area contributed by atoms with E-state index in [1.54, 1.807) is 10.6 Å². The highest BCUT2D eigenvalue weighted by molar-refractivity contribution is 5.93. The maximum absolute atomic E-state index is 14.7. The van der Waals surface area contributed by atoms with Crippen LogP contribution in [0.2, 0.25) is 0 Å². The number of halogens is 1. The topological polar surface area (TPSA) is 82.8 Å². The van der Waals surface area contributed by atoms with Crippen molar-refractivity contribution in [1.82, 2.24) is 4.57 Å². The number of aromatic nitrogens is 1. The number of benzene rings is 1. The van der Waals surface area contributed by atoms with E-state index >= 15 is 0 Å². The van der Waals surface area contributed by atoms with E-state index in [1.165, 1.54) is 6.20 Å². The minimum absolute atomic E-state index is 0.0699. The van der Waals surface area contributed by atoms with Crippen molar-refractivity contribution in [1.29, 1.82) is 0 Å². The standard InChI is InChI=1S/C18H19FN2O4/c19-14-5-12-15(6-16(14)20-4-3-10(7-20)9-22)21(11-1-2-11)8-13(17(12)23)18(24)25/h5-6,8,10-11,22H,1-4,7,9H2,(H,24,25)/t10-/m1/s1. The van der Waals surface area contributed by atoms with E-state index in [4.69, 9.17) is 0 Å². The fraction of sp³-hybridized carbons (Fsp3) is 0.444. The zero-order valence-corrected chi connectivity index (χ0v) is 13.6. The van der Waals surface area contributed by atoms with E-state index in [0.717, 1.165) is 25.3 Å². The van der Waals surface area contributed by atoms with E-state index < -0.39 is 17.2 Å². The monoisotopic (exact) mass is 346 g/mol. The van der Waals surface area contributed by atoms with Crippen LogP contribution in [0.5, 0.6) is 0 Å². The van der Waals surface area contributed by atoms with Crippen molar-refractivity contribution in [2.75, 3.05) is 24.6 Å². The van der Waals surface area contributed by atoms with Gasteiger partial charge in [-0.05, 0) is 31.4 Å². The third-order valence-electron chi connectivity index (χ3n) is 5.16. The number of rotatable bonds is 4. The molecule has 0 amide bonds. The van der Waals surface area contributed by atoms with Gasteiger partial charge >= 0.3 is 5.97 Å². The van der Waals surface area contributed by atoms with E-state index in [1.807, 2.05) is 4.90 Å². The summed E-state index contributed by atoms with van der Waals surface area (Å²) in [4.78, 5) is 25.7. The first kappa shape index (κ1) is 16.1. The molecule has 1 aromatic carbocycles. The molecule has 6 nitrogen and oxygen atoms in total. The Kier molecular flexibility index (Phi) is 3.76. The number of hydrogen-bond donors (Lipinski definition) is 2. The van der Waals surface area contributed by atoms with Crippen LogP contribution in [0, 0.1) is 11.7 Å². The summed E-state index contributed by atoms with van der Waals surface area (Å²) in [6.07, 6.45) is 4.01. The molecule has 0 bridgehead atoms. The Labute approximate surface area is 143 Å². The Morgan fingerprint density at radius 1 is 1.28 bits per heavy atom. The lowest BCUT2D eigenvalue weighted by molar-refractivity contribution is 0.0695. The lowest BCUT2D eigenvalue weighted by Gasteiger charge is -2.21. The molecule has 1 aliphatic heterocycles. The van der Waals surface area contributed by atoms with Gasteiger partial charge in [-0.1, -0.05) is 0 Å². The molecule has 7 heteroatoms. The van der Waals surface area contributed by atoms with Crippen LogP contribution in [-0.2, 0) is 0 Å². The summed E-state index contributed by atoms with van der Waals surface area (Å²) in [5.41, 5.74) is -0.00533. The number of fused-ring (bicyclic) bond motifs is 1. The van der Waals surface area contributed by atoms with Gasteiger partial charge in [-0.3, -0.25) is 4.79 Å². The van der Waals surface area contributed by atoms with Gasteiger partial charge in [0.2, 0.25) is 5.43 Å². The second-order valence-electron chi connectivity index (χ2n) is 6.92. The molecule has 1 aromatic heterocycles. The van der Waals surface area contributed by atoms with Crippen LogP contribution < -0.4 is 10.3 Å². The molecule has 0 spiro atoms. The van der Waals surface area contributed by atoms with Crippen LogP contribution in [-0.4, -0.2) is 40.4 Å². The molecule has 2 heterocycles. The molecule has 2 aliphatic rings. The first-order valence-electron chi connectivity index (χ1n) is 8.47. The summed E-state index contributed by atoms with van der Waals surface area (Å²) in [6.45, 7) is 1.29. The number of pyridine rings is 1. The molecule has 1 saturated heterocycles. The average Bonchev–Trinajstić information content (AvgIpc) is 3.31. The van der Waals surface area contributed by atoms with Crippen molar-refractivity contribution in [3.05, 3.63) is 39.9 Å². The zero-order valence-electron chi connectivity index (χ0n) is 13.6. The lowest BCUT2D eigenvalue weighted by Crippen LogP contribution is -2.23. The second-order valence-corrected chi connectivity index (χ2v) is 6.92. The molecule has 0 unspecified atom stereocenters. The number of hydrogen-bond acceptors (Lipinski definition) is 4. The quantitative estimate of drug-likeness (QED) is 0.885. The number of carbonyl (C=O) groups is 1. The summed E-state index contributed by atoms with van der Waals surface area (Å²) in [5, 5.41) is 18.7. The van der Waals surface area contributed by atoms with Gasteiger partial charge in [0.1, 0.15) is 11.4 Å². The molecular formula is C18H19FN2O4. The van der Waals surface area contributed by atoms with Crippen molar-refractivity contribution < 1.29 is 19.4 Å². The third kappa shape index (κ3) is 2.68. The van der Waals surface area contributed by atoms with Gasteiger partial charge in [0.05, 0.1) is 11.2 Å². The van der Waals surface area contributed by atoms with Crippen LogP contribution >= 0.6 is 0 Å². The normalized spacial score (nSPS) is 20.4. The number of aromatic carboxylic acids is 1. The predicted octanol–water partition coefficient (Wildman–Crippen LogP) is 1.99. The molecule has 2 N–H and O–H groups in total. The summed E-state index contributed by atoms with van der Waals surface area (Å²) < 4.78 is 16.5. The minimum Gasteiger partial charge on any atom is -0.477 e. The average molecular weight is 346 g/mol. The molecule has 25 heavy (non-hydrogen) atoms. The van der Waals surface area contributed by atoms with Gasteiger partial charge < -0.3 is 19.7 Å². The Balaban J connectivity index is 1.90.